The molecule has 1 atom stereocenters. The van der Waals surface area contributed by atoms with Crippen molar-refractivity contribution in [3.8, 4) is 11.1 Å². The van der Waals surface area contributed by atoms with Crippen molar-refractivity contribution < 1.29 is 9.59 Å². The molecule has 0 bridgehead atoms. The molecule has 1 aromatic carbocycles. The number of carbonyl (C=O) groups excluding carboxylic acids is 2. The molecule has 0 radical (unpaired) electrons. The molecule has 6 heteroatoms. The van der Waals surface area contributed by atoms with E-state index in [-0.39, 0.29) is 23.7 Å². The molecular weight excluding hydrogens is 346 g/mol. The number of rotatable bonds is 5. The van der Waals surface area contributed by atoms with Crippen molar-refractivity contribution in [1.82, 2.24) is 15.2 Å². The van der Waals surface area contributed by atoms with Gasteiger partial charge in [-0.15, -0.1) is 11.8 Å². The molecular formula is C20H21N3O2S. The molecule has 2 fully saturated rings. The summed E-state index contributed by atoms with van der Waals surface area (Å²) in [5.41, 5.74) is 4.33. The van der Waals surface area contributed by atoms with Crippen molar-refractivity contribution in [2.24, 2.45) is 0 Å². The number of nitrogens with zero attached hydrogens (tertiary/aromatic N) is 2. The van der Waals surface area contributed by atoms with Gasteiger partial charge in [-0.2, -0.15) is 0 Å². The Kier molecular flexibility index (Phi) is 4.68. The standard InChI is InChI=1S/C20H21N3O2S/c1-13-2-4-14(5-3-13)16-8-9-21-10-17(16)20-23(19(25)12-26-20)11-18(24)22-15-6-7-15/h2-5,8-10,15,20H,6-7,11-12H2,1H3,(H,22,24). The van der Waals surface area contributed by atoms with E-state index in [1.807, 2.05) is 12.3 Å². The summed E-state index contributed by atoms with van der Waals surface area (Å²) in [5.74, 6) is 0.322. The number of hydrogen-bond acceptors (Lipinski definition) is 4. The van der Waals surface area contributed by atoms with Gasteiger partial charge in [0.2, 0.25) is 11.8 Å². The fourth-order valence-electron chi connectivity index (χ4n) is 3.14. The summed E-state index contributed by atoms with van der Waals surface area (Å²) >= 11 is 1.56. The Bertz CT molecular complexity index is 833. The fourth-order valence-corrected chi connectivity index (χ4v) is 4.34. The summed E-state index contributed by atoms with van der Waals surface area (Å²) in [6.45, 7) is 2.16. The Balaban J connectivity index is 1.62. The zero-order valence-corrected chi connectivity index (χ0v) is 15.5. The molecule has 1 aliphatic heterocycles. The van der Waals surface area contributed by atoms with Crippen molar-refractivity contribution >= 4 is 23.6 Å². The van der Waals surface area contributed by atoms with Crippen LogP contribution in [-0.4, -0.2) is 40.0 Å². The zero-order valence-electron chi connectivity index (χ0n) is 14.6. The Labute approximate surface area is 157 Å². The Morgan fingerprint density at radius 1 is 1.27 bits per heavy atom. The van der Waals surface area contributed by atoms with Crippen LogP contribution in [0.15, 0.2) is 42.7 Å². The Morgan fingerprint density at radius 3 is 2.77 bits per heavy atom. The molecule has 2 heterocycles. The molecule has 1 saturated carbocycles. The van der Waals surface area contributed by atoms with Crippen LogP contribution in [-0.2, 0) is 9.59 Å². The third-order valence-electron chi connectivity index (χ3n) is 4.71. The smallest absolute Gasteiger partial charge is 0.239 e. The first-order valence-corrected chi connectivity index (χ1v) is 9.88. The molecule has 0 spiro atoms. The maximum Gasteiger partial charge on any atom is 0.239 e. The van der Waals surface area contributed by atoms with Crippen molar-refractivity contribution in [3.63, 3.8) is 0 Å². The van der Waals surface area contributed by atoms with E-state index in [0.29, 0.717) is 11.8 Å². The van der Waals surface area contributed by atoms with E-state index < -0.39 is 0 Å². The van der Waals surface area contributed by atoms with Gasteiger partial charge >= 0.3 is 0 Å². The highest BCUT2D eigenvalue weighted by Crippen LogP contribution is 2.42. The first kappa shape index (κ1) is 17.1. The van der Waals surface area contributed by atoms with Gasteiger partial charge < -0.3 is 10.2 Å². The molecule has 4 rings (SSSR count). The predicted octanol–water partition coefficient (Wildman–Crippen LogP) is 2.91. The monoisotopic (exact) mass is 367 g/mol. The molecule has 1 aromatic heterocycles. The maximum atomic E-state index is 12.4. The van der Waals surface area contributed by atoms with Crippen molar-refractivity contribution in [3.05, 3.63) is 53.9 Å². The lowest BCUT2D eigenvalue weighted by Crippen LogP contribution is -2.40. The van der Waals surface area contributed by atoms with Gasteiger partial charge in [0.05, 0.1) is 5.75 Å². The lowest BCUT2D eigenvalue weighted by molar-refractivity contribution is -0.133. The van der Waals surface area contributed by atoms with Crippen LogP contribution >= 0.6 is 11.8 Å². The SMILES string of the molecule is Cc1ccc(-c2ccncc2C2SCC(=O)N2CC(=O)NC2CC2)cc1. The second kappa shape index (κ2) is 7.11. The average Bonchev–Trinajstić information content (AvgIpc) is 3.38. The molecule has 1 saturated heterocycles. The molecule has 1 unspecified atom stereocenters. The summed E-state index contributed by atoms with van der Waals surface area (Å²) in [7, 11) is 0. The van der Waals surface area contributed by atoms with Gasteiger partial charge in [-0.3, -0.25) is 14.6 Å². The summed E-state index contributed by atoms with van der Waals surface area (Å²) < 4.78 is 0. The number of carbonyl (C=O) groups is 2. The van der Waals surface area contributed by atoms with Crippen LogP contribution in [0.25, 0.3) is 11.1 Å². The van der Waals surface area contributed by atoms with E-state index in [2.05, 4.69) is 41.5 Å². The van der Waals surface area contributed by atoms with Crippen molar-refractivity contribution in [2.75, 3.05) is 12.3 Å². The van der Waals surface area contributed by atoms with Gasteiger partial charge in [0.1, 0.15) is 11.9 Å². The van der Waals surface area contributed by atoms with Crippen LogP contribution in [0.2, 0.25) is 0 Å². The van der Waals surface area contributed by atoms with Crippen LogP contribution in [0, 0.1) is 6.92 Å². The second-order valence-corrected chi connectivity index (χ2v) is 7.92. The molecule has 134 valence electrons. The number of amides is 2. The normalized spacial score (nSPS) is 19.7. The number of nitrogens with one attached hydrogen (secondary N) is 1. The zero-order chi connectivity index (χ0) is 18.1. The van der Waals surface area contributed by atoms with Crippen LogP contribution < -0.4 is 5.32 Å². The molecule has 2 aliphatic rings. The highest BCUT2D eigenvalue weighted by atomic mass is 32.2. The van der Waals surface area contributed by atoms with Gasteiger partial charge in [0.15, 0.2) is 0 Å². The van der Waals surface area contributed by atoms with Crippen molar-refractivity contribution in [1.29, 1.82) is 0 Å². The first-order chi connectivity index (χ1) is 12.6. The summed E-state index contributed by atoms with van der Waals surface area (Å²) in [6, 6.07) is 10.6. The molecule has 2 amide bonds. The lowest BCUT2D eigenvalue weighted by Gasteiger charge is -2.25. The molecule has 1 aliphatic carbocycles. The predicted molar refractivity (Wildman–Crippen MR) is 102 cm³/mol. The van der Waals surface area contributed by atoms with Crippen LogP contribution in [0.5, 0.6) is 0 Å². The Hall–Kier alpha value is -2.34. The van der Waals surface area contributed by atoms with Gasteiger partial charge in [0.25, 0.3) is 0 Å². The summed E-state index contributed by atoms with van der Waals surface area (Å²) in [4.78, 5) is 30.6. The lowest BCUT2D eigenvalue weighted by atomic mass is 10.00. The van der Waals surface area contributed by atoms with E-state index in [4.69, 9.17) is 0 Å². The van der Waals surface area contributed by atoms with Gasteiger partial charge in [-0.05, 0) is 37.0 Å². The van der Waals surface area contributed by atoms with E-state index in [1.165, 1.54) is 5.56 Å². The highest BCUT2D eigenvalue weighted by molar-refractivity contribution is 8.00. The summed E-state index contributed by atoms with van der Waals surface area (Å²) in [6.07, 6.45) is 5.66. The van der Waals surface area contributed by atoms with E-state index >= 15 is 0 Å². The molecule has 2 aromatic rings. The topological polar surface area (TPSA) is 62.3 Å². The van der Waals surface area contributed by atoms with E-state index in [9.17, 15) is 9.59 Å². The number of thioether (sulfide) groups is 1. The second-order valence-electron chi connectivity index (χ2n) is 6.86. The number of benzene rings is 1. The van der Waals surface area contributed by atoms with Gasteiger partial charge in [-0.25, -0.2) is 0 Å². The number of hydrogen-bond donors (Lipinski definition) is 1. The minimum absolute atomic E-state index is 0.00431. The number of aromatic nitrogens is 1. The van der Waals surface area contributed by atoms with Gasteiger partial charge in [0, 0.05) is 24.0 Å². The van der Waals surface area contributed by atoms with E-state index in [1.54, 1.807) is 22.9 Å². The van der Waals surface area contributed by atoms with Crippen LogP contribution in [0.1, 0.15) is 29.3 Å². The largest absolute Gasteiger partial charge is 0.352 e. The Morgan fingerprint density at radius 2 is 2.04 bits per heavy atom. The average molecular weight is 367 g/mol. The third-order valence-corrected chi connectivity index (χ3v) is 5.94. The van der Waals surface area contributed by atoms with Crippen LogP contribution in [0.4, 0.5) is 0 Å². The van der Waals surface area contributed by atoms with Crippen molar-refractivity contribution in [2.45, 2.75) is 31.2 Å². The number of aryl methyl sites for hydroxylation is 1. The molecule has 5 nitrogen and oxygen atoms in total. The first-order valence-electron chi connectivity index (χ1n) is 8.83. The quantitative estimate of drug-likeness (QED) is 0.883. The summed E-state index contributed by atoms with van der Waals surface area (Å²) in [5, 5.41) is 2.79. The van der Waals surface area contributed by atoms with E-state index in [0.717, 1.165) is 29.5 Å². The highest BCUT2D eigenvalue weighted by Gasteiger charge is 2.36. The fraction of sp³-hybridized carbons (Fsp3) is 0.350. The molecule has 26 heavy (non-hydrogen) atoms. The third kappa shape index (κ3) is 3.60. The van der Waals surface area contributed by atoms with Gasteiger partial charge in [-0.1, -0.05) is 29.8 Å². The number of pyridine rings is 1. The minimum atomic E-state index is -0.183. The molecule has 1 N–H and O–H groups in total. The minimum Gasteiger partial charge on any atom is -0.352 e. The van der Waals surface area contributed by atoms with Crippen LogP contribution in [0.3, 0.4) is 0 Å². The maximum absolute atomic E-state index is 12.4.